The van der Waals surface area contributed by atoms with E-state index >= 15 is 0 Å². The Labute approximate surface area is 884 Å². The predicted molar refractivity (Wildman–Crippen MR) is 597 cm³/mol. The van der Waals surface area contributed by atoms with Gasteiger partial charge < -0.3 is 9.47 Å². The van der Waals surface area contributed by atoms with Gasteiger partial charge in [-0.2, -0.15) is 0 Å². The maximum absolute atomic E-state index is 14.2. The van der Waals surface area contributed by atoms with Crippen LogP contribution in [0.1, 0.15) is 86.2 Å². The van der Waals surface area contributed by atoms with E-state index in [0.717, 1.165) is 178 Å². The topological polar surface area (TPSA) is 109 Å². The SMILES string of the molecule is C.COc1cccc(-c2nc(C)c(-c3ccc(C)cc3)s2)c1.COc1ccccc1-c1nc(C)c(-c2ccc(F)cc2)s1.Cc1cc(-c2nc(C)c(-c3ccc(F)cc3)s2)ccc1F.Cc1cc(F)ccc1-c1nc(C)c(-c2ccc(F)cc2)s1.Cc1ccc(-c2nc(C)c(-c3ccc(F)cc3)s2)cc1C.Cc1ccc(F)c(-c2nc(C)c(-c3ccc(F)cc3)s2)c1.Cc1cccc(-c2nc(C)c(-c3ccc(F)cc3)s2)c1F. The molecule has 0 radical (unpaired) electrons. The van der Waals surface area contributed by atoms with E-state index < -0.39 is 0 Å². The molecule has 0 aliphatic heterocycles. The van der Waals surface area contributed by atoms with E-state index in [0.29, 0.717) is 32.3 Å². The van der Waals surface area contributed by atoms with Crippen molar-refractivity contribution in [3.8, 4) is 159 Å². The number of rotatable bonds is 16. The molecule has 21 aromatic rings. The molecule has 0 bridgehead atoms. The average Bonchev–Trinajstić information content (AvgIpc) is 1.67. The van der Waals surface area contributed by atoms with Crippen LogP contribution in [-0.2, 0) is 0 Å². The lowest BCUT2D eigenvalue weighted by Crippen LogP contribution is -1.87. The van der Waals surface area contributed by atoms with Gasteiger partial charge in [0.2, 0.25) is 0 Å². The van der Waals surface area contributed by atoms with Gasteiger partial charge in [-0.15, -0.1) is 79.4 Å². The Balaban J connectivity index is 0.000000136. The van der Waals surface area contributed by atoms with Crippen LogP contribution in [0.2, 0.25) is 0 Å². The molecule has 7 heterocycles. The van der Waals surface area contributed by atoms with Crippen LogP contribution in [0, 0.1) is 155 Å². The Morgan fingerprint density at radius 1 is 0.196 bits per heavy atom. The molecule has 0 N–H and O–H groups in total. The summed E-state index contributed by atoms with van der Waals surface area (Å²) in [4.78, 5) is 39.4. The van der Waals surface area contributed by atoms with Gasteiger partial charge in [0.15, 0.2) is 0 Å². The van der Waals surface area contributed by atoms with Crippen LogP contribution in [0.15, 0.2) is 309 Å². The van der Waals surface area contributed by atoms with E-state index in [2.05, 4.69) is 106 Å². The minimum Gasteiger partial charge on any atom is -0.497 e. The van der Waals surface area contributed by atoms with Crippen LogP contribution < -0.4 is 9.47 Å². The Bertz CT molecular complexity index is 7930. The molecule has 7 aromatic heterocycles. The normalized spacial score (nSPS) is 10.7. The molecule has 9 nitrogen and oxygen atoms in total. The molecule has 0 saturated heterocycles. The van der Waals surface area contributed by atoms with Gasteiger partial charge in [-0.3, -0.25) is 0 Å². The number of aromatic nitrogens is 7. The molecule has 0 aliphatic rings. The zero-order chi connectivity index (χ0) is 105. The number of para-hydroxylation sites is 1. The van der Waals surface area contributed by atoms with E-state index in [1.165, 1.54) is 170 Å². The van der Waals surface area contributed by atoms with Crippen LogP contribution in [0.3, 0.4) is 0 Å². The second kappa shape index (κ2) is 49.7. The third kappa shape index (κ3) is 27.2. The number of benzene rings is 14. The van der Waals surface area contributed by atoms with Crippen LogP contribution in [-0.4, -0.2) is 49.1 Å². The summed E-state index contributed by atoms with van der Waals surface area (Å²) in [6.45, 7) is 27.2. The van der Waals surface area contributed by atoms with E-state index in [-0.39, 0.29) is 65.6 Å². The highest BCUT2D eigenvalue weighted by molar-refractivity contribution is 7.20. The van der Waals surface area contributed by atoms with E-state index in [1.54, 1.807) is 177 Å². The average molecular weight is 2110 g/mol. The van der Waals surface area contributed by atoms with Crippen LogP contribution in [0.25, 0.3) is 147 Å². The summed E-state index contributed by atoms with van der Waals surface area (Å²) in [5.74, 6) is -0.816. The fourth-order valence-corrected chi connectivity index (χ4v) is 23.2. The molecular formula is C122H103F10N7O2S7. The first-order chi connectivity index (χ1) is 70.6. The number of nitrogens with zero attached hydrogens (tertiary/aromatic N) is 7. The minimum absolute atomic E-state index is 0. The highest BCUT2D eigenvalue weighted by Gasteiger charge is 2.23. The third-order valence-corrected chi connectivity index (χ3v) is 32.3. The summed E-state index contributed by atoms with van der Waals surface area (Å²) in [7, 11) is 3.34. The van der Waals surface area contributed by atoms with Gasteiger partial charge >= 0.3 is 0 Å². The van der Waals surface area contributed by atoms with Crippen molar-refractivity contribution >= 4 is 79.4 Å². The molecule has 26 heteroatoms. The molecule has 0 atom stereocenters. The summed E-state index contributed by atoms with van der Waals surface area (Å²) in [6, 6.07) is 89.2. The van der Waals surface area contributed by atoms with Crippen LogP contribution in [0.5, 0.6) is 11.5 Å². The molecule has 21 rings (SSSR count). The molecular weight excluding hydrogens is 2010 g/mol. The van der Waals surface area contributed by atoms with E-state index in [4.69, 9.17) is 14.5 Å². The summed E-state index contributed by atoms with van der Waals surface area (Å²) >= 11 is 10.9. The zero-order valence-electron chi connectivity index (χ0n) is 83.0. The second-order valence-electron chi connectivity index (χ2n) is 34.5. The Hall–Kier alpha value is -14.6. The standard InChI is InChI=1S/C18H16FNS.C18H17NOS.4C17H13F2NS.C17H14FNOS.CH4/c1-11-4-5-15(10-12(11)2)18-20-13(3)17(21-18)14-6-8-16(19)9-7-14;1-12-7-9-14(10-8-12)17-13(2)19-18(21-17)15-5-4-6-16(11-15)20-3;1-10-3-8-15(19)14(9-10)17-20-11(2)16(21-17)12-4-6-13(18)7-5-12;1-10-9-13(5-8-15(10)19)17-20-11(2)16(21-17)12-3-6-14(18)7-4-12;1-10-9-14(19)7-8-15(10)17-20-11(2)16(21-17)12-3-5-13(18)6-4-12;1-10-4-3-5-14(15(10)19)17-20-11(2)16(21-17)12-6-8-13(18)9-7-12;1-11-16(12-7-9-13(18)10-8-12)21-17(19-11)14-5-3-4-6-15(14)20-2;/h4-10H,1-3H3;4-11H,1-3H3;4*3-9H,1-2H3;3-10H,1-2H3;1H4. The third-order valence-electron chi connectivity index (χ3n) is 23.5. The highest BCUT2D eigenvalue weighted by atomic mass is 32.1. The number of aryl methyl sites for hydroxylation is 14. The lowest BCUT2D eigenvalue weighted by atomic mass is 10.1. The molecule has 0 unspecified atom stereocenters. The van der Waals surface area contributed by atoms with Gasteiger partial charge in [-0.25, -0.2) is 78.8 Å². The minimum atomic E-state index is -0.278. The van der Waals surface area contributed by atoms with Crippen LogP contribution in [0.4, 0.5) is 43.9 Å². The van der Waals surface area contributed by atoms with Gasteiger partial charge in [0, 0.05) is 33.4 Å². The van der Waals surface area contributed by atoms with E-state index in [9.17, 15) is 43.9 Å². The molecule has 750 valence electrons. The van der Waals surface area contributed by atoms with Gasteiger partial charge in [0.1, 0.15) is 105 Å². The Morgan fingerprint density at radius 2 is 0.500 bits per heavy atom. The Kier molecular flexibility index (Phi) is 36.7. The van der Waals surface area contributed by atoms with Crippen molar-refractivity contribution in [2.24, 2.45) is 0 Å². The van der Waals surface area contributed by atoms with Crippen molar-refractivity contribution < 1.29 is 53.4 Å². The Morgan fingerprint density at radius 3 is 0.878 bits per heavy atom. The maximum Gasteiger partial charge on any atom is 0.136 e. The number of hydrogen-bond donors (Lipinski definition) is 0. The number of thiazole rings is 7. The molecule has 0 aliphatic carbocycles. The van der Waals surface area contributed by atoms with Crippen molar-refractivity contribution in [3.05, 3.63) is 446 Å². The summed E-state index contributed by atoms with van der Waals surface area (Å²) < 4.78 is 144. The molecule has 0 amide bonds. The number of hydrogen-bond acceptors (Lipinski definition) is 16. The van der Waals surface area contributed by atoms with Crippen molar-refractivity contribution in [2.45, 2.75) is 104 Å². The van der Waals surface area contributed by atoms with Crippen molar-refractivity contribution in [2.75, 3.05) is 14.2 Å². The summed E-state index contributed by atoms with van der Waals surface area (Å²) in [6.07, 6.45) is 0. The van der Waals surface area contributed by atoms with E-state index in [1.807, 2.05) is 104 Å². The first kappa shape index (κ1) is 109. The molecule has 0 fully saturated rings. The largest absolute Gasteiger partial charge is 0.497 e. The van der Waals surface area contributed by atoms with Gasteiger partial charge in [0.25, 0.3) is 0 Å². The smallest absolute Gasteiger partial charge is 0.136 e. The van der Waals surface area contributed by atoms with Gasteiger partial charge in [-0.05, 0) is 321 Å². The summed E-state index contributed by atoms with van der Waals surface area (Å²) in [5, 5.41) is 5.93. The lowest BCUT2D eigenvalue weighted by molar-refractivity contribution is 0.415. The number of ether oxygens (including phenoxy) is 2. The molecule has 148 heavy (non-hydrogen) atoms. The summed E-state index contributed by atoms with van der Waals surface area (Å²) in [5.41, 5.74) is 26.2. The zero-order valence-corrected chi connectivity index (χ0v) is 88.7. The molecule has 0 spiro atoms. The van der Waals surface area contributed by atoms with Gasteiger partial charge in [-0.1, -0.05) is 170 Å². The number of methoxy groups -OCH3 is 2. The number of halogens is 10. The second-order valence-corrected chi connectivity index (χ2v) is 41.5. The first-order valence-electron chi connectivity index (χ1n) is 46.4. The van der Waals surface area contributed by atoms with Crippen LogP contribution >= 0.6 is 79.4 Å². The fourth-order valence-electron chi connectivity index (χ4n) is 15.5. The quantitative estimate of drug-likeness (QED) is 0.0874. The monoisotopic (exact) mass is 2110 g/mol. The molecule has 14 aromatic carbocycles. The van der Waals surface area contributed by atoms with Crippen molar-refractivity contribution in [1.29, 1.82) is 0 Å². The van der Waals surface area contributed by atoms with Crippen molar-refractivity contribution in [3.63, 3.8) is 0 Å². The molecule has 0 saturated carbocycles. The lowest BCUT2D eigenvalue weighted by Gasteiger charge is -2.04. The maximum atomic E-state index is 14.2. The van der Waals surface area contributed by atoms with Gasteiger partial charge in [0.05, 0.1) is 93.8 Å². The first-order valence-corrected chi connectivity index (χ1v) is 52.2. The predicted octanol–water partition coefficient (Wildman–Crippen LogP) is 37.7. The fraction of sp³-hybridized carbons (Fsp3) is 0.139. The van der Waals surface area contributed by atoms with Crippen molar-refractivity contribution in [1.82, 2.24) is 34.9 Å². The highest BCUT2D eigenvalue weighted by Crippen LogP contribution is 2.46.